The van der Waals surface area contributed by atoms with Gasteiger partial charge in [-0.2, -0.15) is 5.10 Å². The van der Waals surface area contributed by atoms with Crippen molar-refractivity contribution in [1.29, 1.82) is 0 Å². The van der Waals surface area contributed by atoms with E-state index in [1.54, 1.807) is 13.2 Å². The molecule has 1 unspecified atom stereocenters. The Balaban J connectivity index is 1.49. The number of aromatic nitrogens is 2. The fourth-order valence-corrected chi connectivity index (χ4v) is 3.13. The fraction of sp³-hybridized carbons (Fsp3) is 0.500. The van der Waals surface area contributed by atoms with Gasteiger partial charge in [0, 0.05) is 39.4 Å². The van der Waals surface area contributed by atoms with E-state index in [0.29, 0.717) is 31.5 Å². The van der Waals surface area contributed by atoms with Gasteiger partial charge < -0.3 is 20.1 Å². The summed E-state index contributed by atoms with van der Waals surface area (Å²) in [4.78, 5) is 12.4. The Morgan fingerprint density at radius 2 is 2.30 bits per heavy atom. The van der Waals surface area contributed by atoms with Crippen LogP contribution in [0.15, 0.2) is 36.5 Å². The van der Waals surface area contributed by atoms with Crippen LogP contribution >= 0.6 is 0 Å². The van der Waals surface area contributed by atoms with E-state index in [1.807, 2.05) is 35.1 Å². The van der Waals surface area contributed by atoms with E-state index in [2.05, 4.69) is 15.7 Å². The number of carbonyl (C=O) groups is 1. The number of hydrogen-bond acceptors (Lipinski definition) is 5. The molecule has 1 atom stereocenters. The molecule has 7 heteroatoms. The highest BCUT2D eigenvalue weighted by atomic mass is 16.5. The fourth-order valence-electron chi connectivity index (χ4n) is 3.13. The molecule has 2 N–H and O–H groups in total. The van der Waals surface area contributed by atoms with E-state index in [9.17, 15) is 4.79 Å². The number of nitrogens with zero attached hydrogens (tertiary/aromatic N) is 2. The van der Waals surface area contributed by atoms with Crippen LogP contribution in [0.5, 0.6) is 5.75 Å². The van der Waals surface area contributed by atoms with Crippen molar-refractivity contribution in [3.05, 3.63) is 47.8 Å². The van der Waals surface area contributed by atoms with Crippen molar-refractivity contribution in [2.75, 3.05) is 33.4 Å². The van der Waals surface area contributed by atoms with Crippen molar-refractivity contribution < 1.29 is 14.3 Å². The molecule has 1 saturated heterocycles. The SMILES string of the molecule is COCCCOc1cccc(CNC(=O)c2ccn(C3CCCNC3)n2)c1. The van der Waals surface area contributed by atoms with Gasteiger partial charge in [0.2, 0.25) is 0 Å². The van der Waals surface area contributed by atoms with Crippen molar-refractivity contribution in [3.63, 3.8) is 0 Å². The van der Waals surface area contributed by atoms with Crippen LogP contribution in [-0.4, -0.2) is 49.1 Å². The van der Waals surface area contributed by atoms with Crippen molar-refractivity contribution in [3.8, 4) is 5.75 Å². The van der Waals surface area contributed by atoms with Gasteiger partial charge in [0.05, 0.1) is 12.6 Å². The molecule has 3 rings (SSSR count). The molecule has 1 aromatic heterocycles. The summed E-state index contributed by atoms with van der Waals surface area (Å²) in [6, 6.07) is 9.86. The van der Waals surface area contributed by atoms with Gasteiger partial charge in [0.25, 0.3) is 5.91 Å². The van der Waals surface area contributed by atoms with Gasteiger partial charge in [-0.25, -0.2) is 0 Å². The smallest absolute Gasteiger partial charge is 0.272 e. The number of benzene rings is 1. The first-order valence-electron chi connectivity index (χ1n) is 9.51. The molecule has 0 aliphatic carbocycles. The van der Waals surface area contributed by atoms with E-state index in [-0.39, 0.29) is 5.91 Å². The predicted octanol–water partition coefficient (Wildman–Crippen LogP) is 2.15. The van der Waals surface area contributed by atoms with Crippen molar-refractivity contribution in [2.24, 2.45) is 0 Å². The summed E-state index contributed by atoms with van der Waals surface area (Å²) in [5, 5.41) is 10.7. The Hall–Kier alpha value is -2.38. The predicted molar refractivity (Wildman–Crippen MR) is 103 cm³/mol. The average molecular weight is 372 g/mol. The third-order valence-electron chi connectivity index (χ3n) is 4.60. The number of methoxy groups -OCH3 is 1. The maximum Gasteiger partial charge on any atom is 0.272 e. The minimum Gasteiger partial charge on any atom is -0.493 e. The second kappa shape index (κ2) is 10.1. The highest BCUT2D eigenvalue weighted by molar-refractivity contribution is 5.92. The Labute approximate surface area is 160 Å². The van der Waals surface area contributed by atoms with Gasteiger partial charge in [0.15, 0.2) is 0 Å². The third kappa shape index (κ3) is 5.80. The molecule has 0 bridgehead atoms. The average Bonchev–Trinajstić information content (AvgIpc) is 3.21. The molecule has 0 spiro atoms. The first kappa shape index (κ1) is 19.4. The van der Waals surface area contributed by atoms with Gasteiger partial charge in [0.1, 0.15) is 11.4 Å². The van der Waals surface area contributed by atoms with E-state index >= 15 is 0 Å². The minimum atomic E-state index is -0.163. The molecular weight excluding hydrogens is 344 g/mol. The van der Waals surface area contributed by atoms with Crippen molar-refractivity contribution in [1.82, 2.24) is 20.4 Å². The summed E-state index contributed by atoms with van der Waals surface area (Å²) in [7, 11) is 1.68. The van der Waals surface area contributed by atoms with Gasteiger partial charge in [-0.3, -0.25) is 9.48 Å². The monoisotopic (exact) mass is 372 g/mol. The first-order valence-corrected chi connectivity index (χ1v) is 9.51. The summed E-state index contributed by atoms with van der Waals surface area (Å²) in [5.74, 6) is 0.635. The Bertz CT molecular complexity index is 726. The van der Waals surface area contributed by atoms with Crippen molar-refractivity contribution >= 4 is 5.91 Å². The van der Waals surface area contributed by atoms with Crippen LogP contribution in [0.1, 0.15) is 41.4 Å². The number of nitrogens with one attached hydrogen (secondary N) is 2. The second-order valence-electron chi connectivity index (χ2n) is 6.71. The summed E-state index contributed by atoms with van der Waals surface area (Å²) in [6.07, 6.45) is 4.96. The second-order valence-corrected chi connectivity index (χ2v) is 6.71. The molecule has 1 amide bonds. The largest absolute Gasteiger partial charge is 0.493 e. The lowest BCUT2D eigenvalue weighted by atomic mass is 10.1. The summed E-state index contributed by atoms with van der Waals surface area (Å²) in [6.45, 7) is 3.68. The molecule has 146 valence electrons. The number of hydrogen-bond donors (Lipinski definition) is 2. The first-order chi connectivity index (χ1) is 13.3. The lowest BCUT2D eigenvalue weighted by Gasteiger charge is -2.22. The highest BCUT2D eigenvalue weighted by Gasteiger charge is 2.17. The zero-order valence-corrected chi connectivity index (χ0v) is 15.8. The third-order valence-corrected chi connectivity index (χ3v) is 4.60. The van der Waals surface area contributed by atoms with Gasteiger partial charge in [-0.15, -0.1) is 0 Å². The lowest BCUT2D eigenvalue weighted by molar-refractivity contribution is 0.0944. The summed E-state index contributed by atoms with van der Waals surface area (Å²) in [5.41, 5.74) is 1.44. The van der Waals surface area contributed by atoms with Crippen LogP contribution in [-0.2, 0) is 11.3 Å². The molecule has 1 aliphatic rings. The van der Waals surface area contributed by atoms with Gasteiger partial charge in [-0.05, 0) is 43.1 Å². The van der Waals surface area contributed by atoms with Crippen LogP contribution in [0.2, 0.25) is 0 Å². The number of piperidine rings is 1. The summed E-state index contributed by atoms with van der Waals surface area (Å²) >= 11 is 0. The topological polar surface area (TPSA) is 77.4 Å². The van der Waals surface area contributed by atoms with Crippen LogP contribution in [0.25, 0.3) is 0 Å². The van der Waals surface area contributed by atoms with E-state index in [0.717, 1.165) is 43.7 Å². The molecule has 1 aromatic carbocycles. The van der Waals surface area contributed by atoms with E-state index in [1.165, 1.54) is 0 Å². The Morgan fingerprint density at radius 3 is 3.11 bits per heavy atom. The van der Waals surface area contributed by atoms with Crippen LogP contribution in [0.3, 0.4) is 0 Å². The molecule has 7 nitrogen and oxygen atoms in total. The highest BCUT2D eigenvalue weighted by Crippen LogP contribution is 2.16. The molecule has 0 saturated carbocycles. The molecule has 27 heavy (non-hydrogen) atoms. The van der Waals surface area contributed by atoms with E-state index in [4.69, 9.17) is 9.47 Å². The maximum absolute atomic E-state index is 12.4. The lowest BCUT2D eigenvalue weighted by Crippen LogP contribution is -2.32. The quantitative estimate of drug-likeness (QED) is 0.660. The van der Waals surface area contributed by atoms with Crippen LogP contribution in [0.4, 0.5) is 0 Å². The molecule has 2 heterocycles. The Kier molecular flexibility index (Phi) is 7.24. The number of amides is 1. The van der Waals surface area contributed by atoms with Gasteiger partial charge >= 0.3 is 0 Å². The van der Waals surface area contributed by atoms with E-state index < -0.39 is 0 Å². The Morgan fingerprint density at radius 1 is 1.37 bits per heavy atom. The van der Waals surface area contributed by atoms with Crippen LogP contribution in [0, 0.1) is 0 Å². The zero-order valence-electron chi connectivity index (χ0n) is 15.8. The number of rotatable bonds is 9. The molecule has 0 radical (unpaired) electrons. The normalized spacial score (nSPS) is 16.9. The van der Waals surface area contributed by atoms with Crippen LogP contribution < -0.4 is 15.4 Å². The standard InChI is InChI=1S/C20H28N4O3/c1-26-11-4-12-27-18-7-2-5-16(13-18)14-22-20(25)19-8-10-24(23-19)17-6-3-9-21-15-17/h2,5,7-8,10,13,17,21H,3-4,6,9,11-12,14-15H2,1H3,(H,22,25). The number of carbonyl (C=O) groups excluding carboxylic acids is 1. The minimum absolute atomic E-state index is 0.163. The number of ether oxygens (including phenoxy) is 2. The maximum atomic E-state index is 12.4. The summed E-state index contributed by atoms with van der Waals surface area (Å²) < 4.78 is 12.6. The molecular formula is C20H28N4O3. The van der Waals surface area contributed by atoms with Crippen molar-refractivity contribution in [2.45, 2.75) is 31.8 Å². The molecule has 1 fully saturated rings. The van der Waals surface area contributed by atoms with Gasteiger partial charge in [-0.1, -0.05) is 12.1 Å². The molecule has 2 aromatic rings. The molecule has 1 aliphatic heterocycles. The zero-order chi connectivity index (χ0) is 18.9.